The highest BCUT2D eigenvalue weighted by Gasteiger charge is 2.14. The number of benzene rings is 2. The lowest BCUT2D eigenvalue weighted by atomic mass is 10.1. The molecular formula is C19H25ClN2O2. The minimum atomic E-state index is -0.576. The van der Waals surface area contributed by atoms with Crippen molar-refractivity contribution in [2.24, 2.45) is 5.73 Å². The summed E-state index contributed by atoms with van der Waals surface area (Å²) < 4.78 is 5.58. The smallest absolute Gasteiger partial charge is 0.241 e. The minimum Gasteiger partial charge on any atom is -0.374 e. The topological polar surface area (TPSA) is 64.3 Å². The van der Waals surface area contributed by atoms with E-state index < -0.39 is 6.04 Å². The molecule has 2 aromatic carbocycles. The van der Waals surface area contributed by atoms with Gasteiger partial charge >= 0.3 is 0 Å². The summed E-state index contributed by atoms with van der Waals surface area (Å²) in [4.78, 5) is 12.2. The fraction of sp³-hybridized carbons (Fsp3) is 0.316. The van der Waals surface area contributed by atoms with Gasteiger partial charge in [-0.3, -0.25) is 4.79 Å². The van der Waals surface area contributed by atoms with Crippen molar-refractivity contribution >= 4 is 24.0 Å². The number of halogens is 1. The Morgan fingerprint density at radius 3 is 2.42 bits per heavy atom. The van der Waals surface area contributed by atoms with Gasteiger partial charge in [0.05, 0.1) is 18.8 Å². The number of carbonyl (C=O) groups excluding carboxylic acids is 1. The summed E-state index contributed by atoms with van der Waals surface area (Å²) in [7, 11) is 0. The second-order valence-electron chi connectivity index (χ2n) is 5.85. The van der Waals surface area contributed by atoms with E-state index in [1.807, 2.05) is 68.4 Å². The average molecular weight is 349 g/mol. The van der Waals surface area contributed by atoms with Gasteiger partial charge in [-0.25, -0.2) is 0 Å². The number of carbonyl (C=O) groups is 1. The van der Waals surface area contributed by atoms with Gasteiger partial charge in [0.1, 0.15) is 0 Å². The molecule has 0 unspecified atom stereocenters. The molecule has 1 atom stereocenters. The van der Waals surface area contributed by atoms with Gasteiger partial charge in [-0.1, -0.05) is 42.5 Å². The molecule has 0 aliphatic heterocycles. The van der Waals surface area contributed by atoms with Gasteiger partial charge in [-0.05, 0) is 43.5 Å². The van der Waals surface area contributed by atoms with Crippen LogP contribution in [-0.2, 0) is 22.6 Å². The predicted octanol–water partition coefficient (Wildman–Crippen LogP) is 3.54. The summed E-state index contributed by atoms with van der Waals surface area (Å²) in [6, 6.07) is 16.8. The molecule has 2 rings (SSSR count). The van der Waals surface area contributed by atoms with E-state index in [4.69, 9.17) is 10.5 Å². The van der Waals surface area contributed by atoms with Crippen LogP contribution >= 0.6 is 12.4 Å². The zero-order valence-electron chi connectivity index (χ0n) is 14.1. The van der Waals surface area contributed by atoms with Crippen LogP contribution in [0.3, 0.4) is 0 Å². The van der Waals surface area contributed by atoms with Crippen molar-refractivity contribution in [3.63, 3.8) is 0 Å². The standard InChI is InChI=1S/C19H24N2O2.ClH/c1-14(2)23-13-16-9-6-10-17(11-16)21-19(22)18(20)12-15-7-4-3-5-8-15;/h3-11,14,18H,12-13,20H2,1-2H3,(H,21,22);1H/t18-;/m0./s1. The highest BCUT2D eigenvalue weighted by molar-refractivity contribution is 5.94. The summed E-state index contributed by atoms with van der Waals surface area (Å²) >= 11 is 0. The lowest BCUT2D eigenvalue weighted by molar-refractivity contribution is -0.117. The van der Waals surface area contributed by atoms with Crippen LogP contribution in [0.2, 0.25) is 0 Å². The third-order valence-corrected chi connectivity index (χ3v) is 3.41. The van der Waals surface area contributed by atoms with Gasteiger partial charge in [0.2, 0.25) is 5.91 Å². The molecule has 0 saturated heterocycles. The van der Waals surface area contributed by atoms with Crippen molar-refractivity contribution in [3.05, 3.63) is 65.7 Å². The molecule has 130 valence electrons. The van der Waals surface area contributed by atoms with Crippen molar-refractivity contribution < 1.29 is 9.53 Å². The molecule has 0 spiro atoms. The zero-order chi connectivity index (χ0) is 16.7. The first kappa shape index (κ1) is 20.2. The monoisotopic (exact) mass is 348 g/mol. The van der Waals surface area contributed by atoms with E-state index in [1.54, 1.807) is 0 Å². The van der Waals surface area contributed by atoms with Crippen LogP contribution in [0.4, 0.5) is 5.69 Å². The Balaban J connectivity index is 0.00000288. The summed E-state index contributed by atoms with van der Waals surface area (Å²) in [5.41, 5.74) is 8.81. The predicted molar refractivity (Wildman–Crippen MR) is 100 cm³/mol. The first-order valence-electron chi connectivity index (χ1n) is 7.85. The van der Waals surface area contributed by atoms with Crippen LogP contribution in [0, 0.1) is 0 Å². The molecule has 0 aromatic heterocycles. The van der Waals surface area contributed by atoms with Crippen LogP contribution in [0.25, 0.3) is 0 Å². The summed E-state index contributed by atoms with van der Waals surface area (Å²) in [5.74, 6) is -0.184. The molecule has 0 radical (unpaired) electrons. The summed E-state index contributed by atoms with van der Waals surface area (Å²) in [6.07, 6.45) is 0.690. The van der Waals surface area contributed by atoms with Gasteiger partial charge in [-0.15, -0.1) is 12.4 Å². The quantitative estimate of drug-likeness (QED) is 0.804. The number of ether oxygens (including phenoxy) is 1. The van der Waals surface area contributed by atoms with E-state index in [0.717, 1.165) is 16.8 Å². The Hall–Kier alpha value is -1.88. The molecule has 0 saturated carbocycles. The Kier molecular flexibility index (Phi) is 8.47. The first-order chi connectivity index (χ1) is 11.0. The van der Waals surface area contributed by atoms with Crippen molar-refractivity contribution in [2.45, 2.75) is 39.0 Å². The second-order valence-corrected chi connectivity index (χ2v) is 5.85. The summed E-state index contributed by atoms with van der Waals surface area (Å²) in [5, 5.41) is 2.87. The maximum Gasteiger partial charge on any atom is 0.241 e. The average Bonchev–Trinajstić information content (AvgIpc) is 2.54. The van der Waals surface area contributed by atoms with Crippen LogP contribution in [0.1, 0.15) is 25.0 Å². The van der Waals surface area contributed by atoms with Gasteiger partial charge in [-0.2, -0.15) is 0 Å². The normalized spacial score (nSPS) is 11.7. The maximum absolute atomic E-state index is 12.2. The number of hydrogen-bond acceptors (Lipinski definition) is 3. The van der Waals surface area contributed by atoms with E-state index in [9.17, 15) is 4.79 Å². The molecular weight excluding hydrogens is 324 g/mol. The Bertz CT molecular complexity index is 632. The van der Waals surface area contributed by atoms with Crippen LogP contribution in [0.15, 0.2) is 54.6 Å². The third-order valence-electron chi connectivity index (χ3n) is 3.41. The van der Waals surface area contributed by atoms with E-state index in [0.29, 0.717) is 13.0 Å². The van der Waals surface area contributed by atoms with Crippen molar-refractivity contribution in [1.82, 2.24) is 0 Å². The van der Waals surface area contributed by atoms with Crippen LogP contribution in [0.5, 0.6) is 0 Å². The molecule has 4 nitrogen and oxygen atoms in total. The van der Waals surface area contributed by atoms with E-state index in [1.165, 1.54) is 0 Å². The molecule has 0 aliphatic carbocycles. The highest BCUT2D eigenvalue weighted by atomic mass is 35.5. The van der Waals surface area contributed by atoms with Gasteiger partial charge in [0.25, 0.3) is 0 Å². The number of nitrogens with two attached hydrogens (primary N) is 1. The molecule has 0 fully saturated rings. The third kappa shape index (κ3) is 6.71. The molecule has 2 aromatic rings. The summed E-state index contributed by atoms with van der Waals surface area (Å²) in [6.45, 7) is 4.51. The number of rotatable bonds is 7. The second kappa shape index (κ2) is 10.1. The molecule has 3 N–H and O–H groups in total. The van der Waals surface area contributed by atoms with E-state index in [2.05, 4.69) is 5.32 Å². The highest BCUT2D eigenvalue weighted by Crippen LogP contribution is 2.13. The van der Waals surface area contributed by atoms with Crippen molar-refractivity contribution in [1.29, 1.82) is 0 Å². The Morgan fingerprint density at radius 2 is 1.75 bits per heavy atom. The number of nitrogens with one attached hydrogen (secondary N) is 1. The number of amides is 1. The lowest BCUT2D eigenvalue weighted by Gasteiger charge is -2.13. The molecule has 1 amide bonds. The Labute approximate surface area is 149 Å². The minimum absolute atomic E-state index is 0. The molecule has 0 bridgehead atoms. The largest absolute Gasteiger partial charge is 0.374 e. The van der Waals surface area contributed by atoms with Crippen LogP contribution in [-0.4, -0.2) is 18.1 Å². The molecule has 5 heteroatoms. The lowest BCUT2D eigenvalue weighted by Crippen LogP contribution is -2.37. The van der Waals surface area contributed by atoms with Gasteiger partial charge in [0, 0.05) is 5.69 Å². The maximum atomic E-state index is 12.2. The van der Waals surface area contributed by atoms with E-state index in [-0.39, 0.29) is 24.4 Å². The number of hydrogen-bond donors (Lipinski definition) is 2. The van der Waals surface area contributed by atoms with Gasteiger partial charge < -0.3 is 15.8 Å². The Morgan fingerprint density at radius 1 is 1.08 bits per heavy atom. The van der Waals surface area contributed by atoms with Crippen LogP contribution < -0.4 is 11.1 Å². The first-order valence-corrected chi connectivity index (χ1v) is 7.85. The van der Waals surface area contributed by atoms with Gasteiger partial charge in [0.15, 0.2) is 0 Å². The van der Waals surface area contributed by atoms with E-state index >= 15 is 0 Å². The zero-order valence-corrected chi connectivity index (χ0v) is 14.9. The fourth-order valence-electron chi connectivity index (χ4n) is 2.20. The van der Waals surface area contributed by atoms with Crippen molar-refractivity contribution in [3.8, 4) is 0 Å². The molecule has 0 heterocycles. The fourth-order valence-corrected chi connectivity index (χ4v) is 2.20. The number of anilines is 1. The molecule has 0 aliphatic rings. The SMILES string of the molecule is CC(C)OCc1cccc(NC(=O)[C@@H](N)Cc2ccccc2)c1.Cl. The van der Waals surface area contributed by atoms with Crippen molar-refractivity contribution in [2.75, 3.05) is 5.32 Å². The molecule has 24 heavy (non-hydrogen) atoms.